The predicted molar refractivity (Wildman–Crippen MR) is 87.0 cm³/mol. The average molecular weight is 357 g/mol. The summed E-state index contributed by atoms with van der Waals surface area (Å²) >= 11 is 5.74. The van der Waals surface area contributed by atoms with Gasteiger partial charge in [0.25, 0.3) is 0 Å². The van der Waals surface area contributed by atoms with E-state index in [0.717, 1.165) is 5.56 Å². The Kier molecular flexibility index (Phi) is 5.77. The molecule has 0 fully saturated rings. The molecule has 0 amide bonds. The largest absolute Gasteiger partial charge is 0.451 e. The fraction of sp³-hybridized carbons (Fsp3) is 0.312. The molecule has 0 aromatic carbocycles. The second-order valence-electron chi connectivity index (χ2n) is 5.33. The summed E-state index contributed by atoms with van der Waals surface area (Å²) in [6, 6.07) is 7.71. The van der Waals surface area contributed by atoms with Crippen LogP contribution in [0.1, 0.15) is 19.4 Å². The van der Waals surface area contributed by atoms with E-state index in [1.165, 1.54) is 6.07 Å². The van der Waals surface area contributed by atoms with E-state index in [-0.39, 0.29) is 5.49 Å². The molecule has 0 spiro atoms. The molecule has 2 heterocycles. The minimum atomic E-state index is -4.61. The molecule has 24 heavy (non-hydrogen) atoms. The number of pyridine rings is 2. The number of nitrogens with zero attached hydrogens (tertiary/aromatic N) is 4. The molecule has 0 aliphatic carbocycles. The van der Waals surface area contributed by atoms with Crippen LogP contribution in [0.2, 0.25) is 5.15 Å². The molecular weight excluding hydrogens is 341 g/mol. The van der Waals surface area contributed by atoms with Gasteiger partial charge in [-0.2, -0.15) is 13.2 Å². The van der Waals surface area contributed by atoms with Crippen molar-refractivity contribution >= 4 is 17.4 Å². The normalized spacial score (nSPS) is 13.6. The maximum absolute atomic E-state index is 13.1. The summed E-state index contributed by atoms with van der Waals surface area (Å²) in [5.74, 6) is -1.15. The second-order valence-corrected chi connectivity index (χ2v) is 5.72. The summed E-state index contributed by atoms with van der Waals surface area (Å²) in [6.07, 6.45) is -1.39. The smallest absolute Gasteiger partial charge is 0.328 e. The van der Waals surface area contributed by atoms with Crippen molar-refractivity contribution in [1.29, 1.82) is 0 Å². The van der Waals surface area contributed by atoms with Crippen LogP contribution in [0.4, 0.5) is 13.2 Å². The van der Waals surface area contributed by atoms with Gasteiger partial charge < -0.3 is 4.57 Å². The minimum absolute atomic E-state index is 0.157. The van der Waals surface area contributed by atoms with Crippen molar-refractivity contribution in [3.8, 4) is 0 Å². The maximum Gasteiger partial charge on any atom is 0.451 e. The van der Waals surface area contributed by atoms with E-state index in [9.17, 15) is 13.2 Å². The monoisotopic (exact) mass is 356 g/mol. The molecule has 0 bridgehead atoms. The van der Waals surface area contributed by atoms with E-state index in [2.05, 4.69) is 15.0 Å². The zero-order valence-corrected chi connectivity index (χ0v) is 13.9. The van der Waals surface area contributed by atoms with Crippen molar-refractivity contribution in [2.24, 2.45) is 9.98 Å². The van der Waals surface area contributed by atoms with Crippen molar-refractivity contribution in [3.63, 3.8) is 0 Å². The van der Waals surface area contributed by atoms with E-state index < -0.39 is 18.1 Å². The van der Waals surface area contributed by atoms with Gasteiger partial charge in [-0.25, -0.2) is 9.98 Å². The van der Waals surface area contributed by atoms with E-state index in [1.807, 2.05) is 0 Å². The van der Waals surface area contributed by atoms with Crippen molar-refractivity contribution < 1.29 is 13.2 Å². The summed E-state index contributed by atoms with van der Waals surface area (Å²) < 4.78 is 40.9. The number of alkyl halides is 3. The predicted octanol–water partition coefficient (Wildman–Crippen LogP) is 3.85. The number of hydrogen-bond acceptors (Lipinski definition) is 2. The molecule has 4 nitrogen and oxygen atoms in total. The standard InChI is InChI=1S/C16H16ClF3N4/c1-11(2)22-15(16(18,19)20)23-14-5-3-4-8-24(14)10-12-6-7-13(17)21-9-12/h3-9,11H,10H2,1-2H3/b22-15+,23-14+. The summed E-state index contributed by atoms with van der Waals surface area (Å²) in [7, 11) is 0. The summed E-state index contributed by atoms with van der Waals surface area (Å²) in [4.78, 5) is 11.3. The van der Waals surface area contributed by atoms with Gasteiger partial charge in [0.15, 0.2) is 0 Å². The highest BCUT2D eigenvalue weighted by Crippen LogP contribution is 2.18. The Morgan fingerprint density at radius 1 is 1.25 bits per heavy atom. The SMILES string of the molecule is CC(C)/N=C(/N=c1\ccccn1Cc1ccc(Cl)nc1)C(F)(F)F. The van der Waals surface area contributed by atoms with E-state index in [0.29, 0.717) is 11.7 Å². The highest BCUT2D eigenvalue weighted by Gasteiger charge is 2.36. The van der Waals surface area contributed by atoms with Crippen molar-refractivity contribution in [2.45, 2.75) is 32.6 Å². The quantitative estimate of drug-likeness (QED) is 0.468. The molecule has 2 rings (SSSR count). The highest BCUT2D eigenvalue weighted by atomic mass is 35.5. The third kappa shape index (κ3) is 5.19. The second kappa shape index (κ2) is 7.61. The molecule has 0 unspecified atom stereocenters. The summed E-state index contributed by atoms with van der Waals surface area (Å²) in [5.41, 5.74) is 0.950. The zero-order valence-electron chi connectivity index (χ0n) is 13.1. The molecule has 0 aliphatic rings. The molecule has 8 heteroatoms. The first-order valence-electron chi connectivity index (χ1n) is 7.21. The average Bonchev–Trinajstić information content (AvgIpc) is 2.49. The van der Waals surface area contributed by atoms with Gasteiger partial charge in [0.1, 0.15) is 10.6 Å². The van der Waals surface area contributed by atoms with Crippen LogP contribution >= 0.6 is 11.6 Å². The number of amidine groups is 1. The van der Waals surface area contributed by atoms with E-state index >= 15 is 0 Å². The third-order valence-electron chi connectivity index (χ3n) is 2.91. The Morgan fingerprint density at radius 3 is 2.58 bits per heavy atom. The fourth-order valence-electron chi connectivity index (χ4n) is 1.92. The molecule has 0 saturated heterocycles. The van der Waals surface area contributed by atoms with Crippen LogP contribution < -0.4 is 5.49 Å². The molecule has 2 aromatic heterocycles. The van der Waals surface area contributed by atoms with Crippen LogP contribution in [-0.4, -0.2) is 27.6 Å². The van der Waals surface area contributed by atoms with Gasteiger partial charge in [-0.15, -0.1) is 0 Å². The highest BCUT2D eigenvalue weighted by molar-refractivity contribution is 6.29. The molecule has 0 N–H and O–H groups in total. The van der Waals surface area contributed by atoms with Gasteiger partial charge in [0, 0.05) is 18.4 Å². The lowest BCUT2D eigenvalue weighted by molar-refractivity contribution is -0.0602. The minimum Gasteiger partial charge on any atom is -0.328 e. The molecule has 0 saturated carbocycles. The lowest BCUT2D eigenvalue weighted by Gasteiger charge is -2.10. The Hall–Kier alpha value is -2.15. The zero-order chi connectivity index (χ0) is 17.7. The maximum atomic E-state index is 13.1. The van der Waals surface area contributed by atoms with Gasteiger partial charge in [-0.05, 0) is 37.6 Å². The molecule has 2 aromatic rings. The van der Waals surface area contributed by atoms with Crippen LogP contribution in [0.15, 0.2) is 52.7 Å². The van der Waals surface area contributed by atoms with Crippen LogP contribution in [0.3, 0.4) is 0 Å². The Morgan fingerprint density at radius 2 is 2.00 bits per heavy atom. The van der Waals surface area contributed by atoms with Crippen molar-refractivity contribution in [1.82, 2.24) is 9.55 Å². The van der Waals surface area contributed by atoms with Crippen LogP contribution in [0.5, 0.6) is 0 Å². The molecule has 0 radical (unpaired) electrons. The Balaban J connectivity index is 2.45. The van der Waals surface area contributed by atoms with Gasteiger partial charge >= 0.3 is 6.18 Å². The lowest BCUT2D eigenvalue weighted by atomic mass is 10.3. The molecule has 128 valence electrons. The number of halogens is 4. The van der Waals surface area contributed by atoms with E-state index in [1.54, 1.807) is 55.1 Å². The summed E-state index contributed by atoms with van der Waals surface area (Å²) in [6.45, 7) is 3.45. The first kappa shape index (κ1) is 18.2. The Bertz CT molecular complexity index is 777. The van der Waals surface area contributed by atoms with Gasteiger partial charge in [0.05, 0.1) is 6.54 Å². The van der Waals surface area contributed by atoms with Crippen LogP contribution in [0, 0.1) is 0 Å². The van der Waals surface area contributed by atoms with Gasteiger partial charge in [-0.1, -0.05) is 23.7 Å². The number of hydrogen-bond donors (Lipinski definition) is 0. The molecular formula is C16H16ClF3N4. The molecule has 0 atom stereocenters. The van der Waals surface area contributed by atoms with Gasteiger partial charge in [0.2, 0.25) is 5.84 Å². The first-order valence-corrected chi connectivity index (χ1v) is 7.59. The number of aromatic nitrogens is 2. The topological polar surface area (TPSA) is 42.5 Å². The van der Waals surface area contributed by atoms with Gasteiger partial charge in [-0.3, -0.25) is 4.99 Å². The molecule has 0 aliphatic heterocycles. The number of aliphatic imine (C=N–C) groups is 1. The van der Waals surface area contributed by atoms with Crippen LogP contribution in [0.25, 0.3) is 0 Å². The summed E-state index contributed by atoms with van der Waals surface area (Å²) in [5, 5.41) is 0.352. The van der Waals surface area contributed by atoms with Crippen molar-refractivity contribution in [2.75, 3.05) is 0 Å². The fourth-order valence-corrected chi connectivity index (χ4v) is 2.03. The van der Waals surface area contributed by atoms with E-state index in [4.69, 9.17) is 11.6 Å². The van der Waals surface area contributed by atoms with Crippen LogP contribution in [-0.2, 0) is 6.54 Å². The first-order chi connectivity index (χ1) is 11.3. The third-order valence-corrected chi connectivity index (χ3v) is 3.14. The van der Waals surface area contributed by atoms with Crippen molar-refractivity contribution in [3.05, 3.63) is 58.9 Å². The Labute approximate surface area is 142 Å². The number of rotatable bonds is 3. The lowest BCUT2D eigenvalue weighted by Crippen LogP contribution is -2.29.